The molecule has 0 fully saturated rings. The molecular formula is C27H26N6O2S2. The first-order valence-corrected chi connectivity index (χ1v) is 13.5. The minimum atomic E-state index is -0.515. The Labute approximate surface area is 222 Å². The quantitative estimate of drug-likeness (QED) is 0.286. The number of nitrogens with zero attached hydrogens (tertiary/aromatic N) is 5. The summed E-state index contributed by atoms with van der Waals surface area (Å²) in [5.74, 6) is 0.488. The van der Waals surface area contributed by atoms with Gasteiger partial charge in [0.25, 0.3) is 5.56 Å². The van der Waals surface area contributed by atoms with E-state index in [4.69, 9.17) is 0 Å². The average molecular weight is 531 g/mol. The zero-order valence-corrected chi connectivity index (χ0v) is 22.3. The van der Waals surface area contributed by atoms with E-state index < -0.39 is 5.25 Å². The van der Waals surface area contributed by atoms with Crippen molar-refractivity contribution in [2.75, 3.05) is 5.32 Å². The molecule has 5 rings (SSSR count). The summed E-state index contributed by atoms with van der Waals surface area (Å²) in [5, 5.41) is 13.9. The van der Waals surface area contributed by atoms with E-state index in [1.165, 1.54) is 11.8 Å². The molecule has 10 heteroatoms. The van der Waals surface area contributed by atoms with Crippen LogP contribution in [0.25, 0.3) is 16.4 Å². The molecule has 0 aliphatic carbocycles. The van der Waals surface area contributed by atoms with Crippen LogP contribution in [0, 0.1) is 6.92 Å². The van der Waals surface area contributed by atoms with Gasteiger partial charge >= 0.3 is 0 Å². The molecule has 3 heterocycles. The standard InChI is InChI=1S/C27H26N6O2S2/c1-18-23(26(35)33(31(18)3)21-13-8-5-9-14-21)28-25(34)19(2)37-27-30-29-24(22-15-10-16-36-22)32(27)17-20-11-6-4-7-12-20/h4-16,19H,17H2,1-3H3,(H,28,34)/t19-/m0/s1. The van der Waals surface area contributed by atoms with Gasteiger partial charge in [0.05, 0.1) is 28.1 Å². The number of thiophene rings is 1. The van der Waals surface area contributed by atoms with Gasteiger partial charge in [-0.15, -0.1) is 21.5 Å². The van der Waals surface area contributed by atoms with Crippen molar-refractivity contribution in [2.45, 2.75) is 30.8 Å². The normalized spacial score (nSPS) is 12.0. The molecule has 8 nitrogen and oxygen atoms in total. The molecule has 37 heavy (non-hydrogen) atoms. The predicted molar refractivity (Wildman–Crippen MR) is 149 cm³/mol. The number of amides is 1. The van der Waals surface area contributed by atoms with E-state index in [1.807, 2.05) is 77.5 Å². The molecule has 2 aromatic carbocycles. The second-order valence-electron chi connectivity index (χ2n) is 8.54. The summed E-state index contributed by atoms with van der Waals surface area (Å²) >= 11 is 2.92. The highest BCUT2D eigenvalue weighted by molar-refractivity contribution is 8.00. The molecule has 0 saturated carbocycles. The van der Waals surface area contributed by atoms with E-state index in [9.17, 15) is 9.59 Å². The monoisotopic (exact) mass is 530 g/mol. The van der Waals surface area contributed by atoms with E-state index in [0.29, 0.717) is 17.4 Å². The number of benzene rings is 2. The Balaban J connectivity index is 1.40. The molecule has 1 atom stereocenters. The summed E-state index contributed by atoms with van der Waals surface area (Å²) in [6.07, 6.45) is 0. The fraction of sp³-hybridized carbons (Fsp3) is 0.185. The van der Waals surface area contributed by atoms with Crippen molar-refractivity contribution in [3.8, 4) is 16.4 Å². The van der Waals surface area contributed by atoms with Gasteiger partial charge in [-0.05, 0) is 43.0 Å². The third-order valence-electron chi connectivity index (χ3n) is 6.10. The van der Waals surface area contributed by atoms with Gasteiger partial charge in [0.15, 0.2) is 11.0 Å². The number of anilines is 1. The van der Waals surface area contributed by atoms with Crippen molar-refractivity contribution in [1.82, 2.24) is 24.1 Å². The zero-order valence-electron chi connectivity index (χ0n) is 20.7. The number of para-hydroxylation sites is 1. The van der Waals surface area contributed by atoms with Gasteiger partial charge in [-0.3, -0.25) is 18.8 Å². The Morgan fingerprint density at radius 1 is 1.03 bits per heavy atom. The van der Waals surface area contributed by atoms with Crippen molar-refractivity contribution < 1.29 is 4.79 Å². The average Bonchev–Trinajstić information content (AvgIpc) is 3.62. The molecule has 5 aromatic rings. The van der Waals surface area contributed by atoms with Crippen LogP contribution < -0.4 is 10.9 Å². The van der Waals surface area contributed by atoms with Crippen molar-refractivity contribution in [2.24, 2.45) is 7.05 Å². The van der Waals surface area contributed by atoms with Crippen LogP contribution in [0.5, 0.6) is 0 Å². The van der Waals surface area contributed by atoms with Gasteiger partial charge < -0.3 is 5.32 Å². The fourth-order valence-electron chi connectivity index (χ4n) is 4.02. The summed E-state index contributed by atoms with van der Waals surface area (Å²) in [6, 6.07) is 23.4. The Kier molecular flexibility index (Phi) is 7.11. The minimum Gasteiger partial charge on any atom is -0.319 e. The van der Waals surface area contributed by atoms with Crippen molar-refractivity contribution in [1.29, 1.82) is 0 Å². The first-order chi connectivity index (χ1) is 17.9. The highest BCUT2D eigenvalue weighted by atomic mass is 32.2. The van der Waals surface area contributed by atoms with E-state index in [0.717, 1.165) is 22.0 Å². The van der Waals surface area contributed by atoms with Gasteiger partial charge in [-0.25, -0.2) is 4.68 Å². The molecule has 0 aliphatic heterocycles. The van der Waals surface area contributed by atoms with Crippen LogP contribution >= 0.6 is 23.1 Å². The number of aromatic nitrogens is 5. The van der Waals surface area contributed by atoms with Gasteiger partial charge in [0.2, 0.25) is 5.91 Å². The molecule has 0 radical (unpaired) electrons. The van der Waals surface area contributed by atoms with Crippen molar-refractivity contribution >= 4 is 34.7 Å². The second-order valence-corrected chi connectivity index (χ2v) is 10.8. The Morgan fingerprint density at radius 3 is 2.41 bits per heavy atom. The first-order valence-electron chi connectivity index (χ1n) is 11.8. The Morgan fingerprint density at radius 2 is 1.73 bits per heavy atom. The molecule has 1 amide bonds. The van der Waals surface area contributed by atoms with Gasteiger partial charge in [-0.2, -0.15) is 0 Å². The lowest BCUT2D eigenvalue weighted by Crippen LogP contribution is -2.27. The first kappa shape index (κ1) is 24.8. The van der Waals surface area contributed by atoms with Crippen LogP contribution in [0.2, 0.25) is 0 Å². The molecule has 0 aliphatic rings. The number of thioether (sulfide) groups is 1. The van der Waals surface area contributed by atoms with Crippen LogP contribution in [0.4, 0.5) is 5.69 Å². The van der Waals surface area contributed by atoms with Crippen molar-refractivity contribution in [3.63, 3.8) is 0 Å². The topological polar surface area (TPSA) is 86.7 Å². The lowest BCUT2D eigenvalue weighted by atomic mass is 10.2. The summed E-state index contributed by atoms with van der Waals surface area (Å²) in [5.41, 5.74) is 2.51. The summed E-state index contributed by atoms with van der Waals surface area (Å²) in [4.78, 5) is 27.5. The SMILES string of the molecule is Cc1c(NC(=O)[C@H](C)Sc2nnc(-c3cccs3)n2Cc2ccccc2)c(=O)n(-c2ccccc2)n1C. The van der Waals surface area contributed by atoms with Crippen LogP contribution in [0.1, 0.15) is 18.2 Å². The van der Waals surface area contributed by atoms with Gasteiger partial charge in [0.1, 0.15) is 5.69 Å². The van der Waals surface area contributed by atoms with E-state index >= 15 is 0 Å². The third kappa shape index (κ3) is 5.03. The number of nitrogens with one attached hydrogen (secondary N) is 1. The van der Waals surface area contributed by atoms with E-state index in [-0.39, 0.29) is 17.2 Å². The highest BCUT2D eigenvalue weighted by Crippen LogP contribution is 2.30. The van der Waals surface area contributed by atoms with Gasteiger partial charge in [0, 0.05) is 7.05 Å². The highest BCUT2D eigenvalue weighted by Gasteiger charge is 2.24. The molecule has 0 bridgehead atoms. The zero-order chi connectivity index (χ0) is 25.9. The maximum Gasteiger partial charge on any atom is 0.295 e. The largest absolute Gasteiger partial charge is 0.319 e. The number of rotatable bonds is 8. The predicted octanol–water partition coefficient (Wildman–Crippen LogP) is 4.97. The molecule has 1 N–H and O–H groups in total. The van der Waals surface area contributed by atoms with Crippen molar-refractivity contribution in [3.05, 3.63) is 99.8 Å². The molecule has 3 aromatic heterocycles. The minimum absolute atomic E-state index is 0.272. The third-order valence-corrected chi connectivity index (χ3v) is 8.04. The van der Waals surface area contributed by atoms with E-state index in [1.54, 1.807) is 34.7 Å². The van der Waals surface area contributed by atoms with Gasteiger partial charge in [-0.1, -0.05) is 66.4 Å². The summed E-state index contributed by atoms with van der Waals surface area (Å²) in [7, 11) is 1.80. The Bertz CT molecular complexity index is 1570. The fourth-order valence-corrected chi connectivity index (χ4v) is 5.59. The Hall–Kier alpha value is -3.89. The van der Waals surface area contributed by atoms with Crippen LogP contribution in [0.15, 0.2) is 88.1 Å². The molecule has 188 valence electrons. The molecule has 0 saturated heterocycles. The number of carbonyl (C=O) groups excluding carboxylic acids is 1. The van der Waals surface area contributed by atoms with E-state index in [2.05, 4.69) is 27.6 Å². The lowest BCUT2D eigenvalue weighted by molar-refractivity contribution is -0.115. The van der Waals surface area contributed by atoms with Crippen LogP contribution in [0.3, 0.4) is 0 Å². The molecule has 0 unspecified atom stereocenters. The number of hydrogen-bond donors (Lipinski definition) is 1. The van der Waals surface area contributed by atoms with Crippen LogP contribution in [-0.4, -0.2) is 35.3 Å². The lowest BCUT2D eigenvalue weighted by Gasteiger charge is -2.13. The second kappa shape index (κ2) is 10.6. The summed E-state index contributed by atoms with van der Waals surface area (Å²) < 4.78 is 5.33. The molecule has 0 spiro atoms. The maximum atomic E-state index is 13.2. The van der Waals surface area contributed by atoms with Crippen LogP contribution in [-0.2, 0) is 18.4 Å². The maximum absolute atomic E-state index is 13.2. The summed E-state index contributed by atoms with van der Waals surface area (Å²) in [6.45, 7) is 4.20. The molecular weight excluding hydrogens is 504 g/mol. The number of hydrogen-bond acceptors (Lipinski definition) is 6. The smallest absolute Gasteiger partial charge is 0.295 e. The number of carbonyl (C=O) groups is 1.